The van der Waals surface area contributed by atoms with Crippen molar-refractivity contribution in [3.63, 3.8) is 0 Å². The summed E-state index contributed by atoms with van der Waals surface area (Å²) in [5.41, 5.74) is 6.17. The summed E-state index contributed by atoms with van der Waals surface area (Å²) >= 11 is 0. The first-order valence-electron chi connectivity index (χ1n) is 4.40. The number of rotatable bonds is 3. The number of fused-ring (bicyclic) bond motifs is 1. The Morgan fingerprint density at radius 1 is 1.60 bits per heavy atom. The number of carbonyl (C=O) groups excluding carboxylic acids is 2. The molecule has 2 aromatic rings. The first-order chi connectivity index (χ1) is 7.22. The van der Waals surface area contributed by atoms with E-state index in [1.54, 1.807) is 22.9 Å². The third-order valence-corrected chi connectivity index (χ3v) is 2.16. The van der Waals surface area contributed by atoms with Gasteiger partial charge in [0.2, 0.25) is 5.91 Å². The number of amides is 1. The third kappa shape index (κ3) is 1.59. The van der Waals surface area contributed by atoms with Crippen LogP contribution in [0.3, 0.4) is 0 Å². The van der Waals surface area contributed by atoms with E-state index in [-0.39, 0.29) is 6.54 Å². The summed E-state index contributed by atoms with van der Waals surface area (Å²) in [5, 5.41) is 0.799. The molecule has 0 saturated heterocycles. The molecule has 76 valence electrons. The van der Waals surface area contributed by atoms with E-state index < -0.39 is 5.91 Å². The second-order valence-electron chi connectivity index (χ2n) is 3.14. The van der Waals surface area contributed by atoms with Crippen LogP contribution in [0.4, 0.5) is 0 Å². The molecule has 0 atom stereocenters. The molecule has 0 aromatic carbocycles. The monoisotopic (exact) mass is 203 g/mol. The van der Waals surface area contributed by atoms with Gasteiger partial charge in [-0.05, 0) is 12.1 Å². The van der Waals surface area contributed by atoms with Crippen molar-refractivity contribution in [2.75, 3.05) is 0 Å². The Balaban J connectivity index is 2.56. The van der Waals surface area contributed by atoms with E-state index in [1.807, 2.05) is 0 Å². The molecular formula is C10H9N3O2. The van der Waals surface area contributed by atoms with Gasteiger partial charge in [-0.1, -0.05) is 0 Å². The van der Waals surface area contributed by atoms with Gasteiger partial charge in [0.25, 0.3) is 0 Å². The zero-order valence-corrected chi connectivity index (χ0v) is 7.88. The highest BCUT2D eigenvalue weighted by atomic mass is 16.1. The van der Waals surface area contributed by atoms with E-state index in [0.717, 1.165) is 11.7 Å². The fraction of sp³-hybridized carbons (Fsp3) is 0.100. The lowest BCUT2D eigenvalue weighted by Gasteiger charge is -1.99. The Labute approximate surface area is 85.5 Å². The summed E-state index contributed by atoms with van der Waals surface area (Å²) in [4.78, 5) is 25.3. The summed E-state index contributed by atoms with van der Waals surface area (Å²) in [6.45, 7) is 0.256. The minimum atomic E-state index is -0.507. The highest BCUT2D eigenvalue weighted by molar-refractivity contribution is 5.95. The lowest BCUT2D eigenvalue weighted by atomic mass is 10.2. The van der Waals surface area contributed by atoms with Crippen molar-refractivity contribution in [2.24, 2.45) is 5.73 Å². The molecule has 0 aliphatic rings. The van der Waals surface area contributed by atoms with Gasteiger partial charge in [-0.15, -0.1) is 0 Å². The van der Waals surface area contributed by atoms with E-state index in [9.17, 15) is 9.59 Å². The van der Waals surface area contributed by atoms with Crippen molar-refractivity contribution in [1.29, 1.82) is 0 Å². The van der Waals surface area contributed by atoms with Crippen LogP contribution in [0.5, 0.6) is 0 Å². The number of pyridine rings is 1. The Hall–Kier alpha value is -2.17. The zero-order chi connectivity index (χ0) is 10.8. The van der Waals surface area contributed by atoms with Crippen LogP contribution in [0.25, 0.3) is 11.0 Å². The van der Waals surface area contributed by atoms with Crippen LogP contribution in [-0.4, -0.2) is 21.7 Å². The van der Waals surface area contributed by atoms with Crippen LogP contribution < -0.4 is 5.73 Å². The molecule has 5 heteroatoms. The predicted molar refractivity (Wildman–Crippen MR) is 54.3 cm³/mol. The average Bonchev–Trinajstić information content (AvgIpc) is 2.61. The van der Waals surface area contributed by atoms with Crippen LogP contribution in [-0.2, 0) is 11.3 Å². The van der Waals surface area contributed by atoms with Gasteiger partial charge >= 0.3 is 0 Å². The normalized spacial score (nSPS) is 10.4. The summed E-state index contributed by atoms with van der Waals surface area (Å²) in [6.07, 6.45) is 3.95. The summed E-state index contributed by atoms with van der Waals surface area (Å²) in [7, 11) is 0. The number of nitrogens with two attached hydrogens (primary N) is 1. The number of hydrogen-bond donors (Lipinski definition) is 1. The van der Waals surface area contributed by atoms with Gasteiger partial charge in [0.05, 0.1) is 12.1 Å². The first-order valence-corrected chi connectivity index (χ1v) is 4.40. The maximum Gasteiger partial charge on any atom is 0.250 e. The molecular weight excluding hydrogens is 194 g/mol. The minimum absolute atomic E-state index is 0.256. The van der Waals surface area contributed by atoms with E-state index in [2.05, 4.69) is 4.98 Å². The van der Waals surface area contributed by atoms with Gasteiger partial charge in [-0.2, -0.15) is 0 Å². The summed E-state index contributed by atoms with van der Waals surface area (Å²) in [6, 6.07) is 3.45. The number of nitrogens with zero attached hydrogens (tertiary/aromatic N) is 2. The van der Waals surface area contributed by atoms with Gasteiger partial charge < -0.3 is 15.1 Å². The smallest absolute Gasteiger partial charge is 0.250 e. The molecule has 0 radical (unpaired) electrons. The fourth-order valence-corrected chi connectivity index (χ4v) is 1.44. The second kappa shape index (κ2) is 3.53. The number of aldehydes is 1. The van der Waals surface area contributed by atoms with Gasteiger partial charge in [-0.3, -0.25) is 4.79 Å². The molecule has 0 aliphatic heterocycles. The van der Waals surface area contributed by atoms with Crippen molar-refractivity contribution >= 4 is 23.2 Å². The summed E-state index contributed by atoms with van der Waals surface area (Å²) in [5.74, 6) is -0.507. The number of carbonyl (C=O) groups is 2. The van der Waals surface area contributed by atoms with Crippen LogP contribution in [0.2, 0.25) is 0 Å². The van der Waals surface area contributed by atoms with E-state index in [4.69, 9.17) is 5.73 Å². The third-order valence-electron chi connectivity index (χ3n) is 2.16. The van der Waals surface area contributed by atoms with Gasteiger partial charge in [-0.25, -0.2) is 4.98 Å². The molecule has 0 unspecified atom stereocenters. The predicted octanol–water partition coefficient (Wildman–Crippen LogP) is 0.334. The van der Waals surface area contributed by atoms with E-state index in [1.165, 1.54) is 6.20 Å². The molecule has 2 heterocycles. The van der Waals surface area contributed by atoms with E-state index in [0.29, 0.717) is 11.2 Å². The molecule has 2 N–H and O–H groups in total. The Morgan fingerprint density at radius 3 is 3.07 bits per heavy atom. The van der Waals surface area contributed by atoms with Gasteiger partial charge in [0.1, 0.15) is 11.9 Å². The number of primary amides is 1. The van der Waals surface area contributed by atoms with E-state index >= 15 is 0 Å². The van der Waals surface area contributed by atoms with Crippen molar-refractivity contribution in [3.8, 4) is 0 Å². The zero-order valence-electron chi connectivity index (χ0n) is 7.88. The van der Waals surface area contributed by atoms with Crippen LogP contribution >= 0.6 is 0 Å². The minimum Gasteiger partial charge on any atom is -0.366 e. The van der Waals surface area contributed by atoms with Crippen molar-refractivity contribution < 1.29 is 9.59 Å². The van der Waals surface area contributed by atoms with Crippen molar-refractivity contribution in [3.05, 3.63) is 30.1 Å². The molecule has 0 bridgehead atoms. The molecule has 1 amide bonds. The quantitative estimate of drug-likeness (QED) is 0.730. The molecule has 15 heavy (non-hydrogen) atoms. The SMILES string of the molecule is NC(=O)c1cnc2c(ccn2CC=O)c1. The molecule has 0 fully saturated rings. The fourth-order valence-electron chi connectivity index (χ4n) is 1.44. The molecule has 0 spiro atoms. The molecule has 0 saturated carbocycles. The van der Waals surface area contributed by atoms with Crippen molar-refractivity contribution in [2.45, 2.75) is 6.54 Å². The number of aromatic nitrogens is 2. The molecule has 0 aliphatic carbocycles. The largest absolute Gasteiger partial charge is 0.366 e. The summed E-state index contributed by atoms with van der Waals surface area (Å²) < 4.78 is 1.70. The first kappa shape index (κ1) is 9.39. The van der Waals surface area contributed by atoms with Crippen molar-refractivity contribution in [1.82, 2.24) is 9.55 Å². The molecule has 2 aromatic heterocycles. The Morgan fingerprint density at radius 2 is 2.40 bits per heavy atom. The standard InChI is InChI=1S/C10H9N3O2/c11-9(15)8-5-7-1-2-13(3-4-14)10(7)12-6-8/h1-2,4-6H,3H2,(H2,11,15). The topological polar surface area (TPSA) is 78.0 Å². The molecule has 2 rings (SSSR count). The highest BCUT2D eigenvalue weighted by Gasteiger charge is 2.05. The number of hydrogen-bond acceptors (Lipinski definition) is 3. The van der Waals surface area contributed by atoms with Crippen LogP contribution in [0.1, 0.15) is 10.4 Å². The Kier molecular flexibility index (Phi) is 2.21. The Bertz CT molecular complexity index is 530. The second-order valence-corrected chi connectivity index (χ2v) is 3.14. The maximum atomic E-state index is 10.9. The average molecular weight is 203 g/mol. The molecule has 5 nitrogen and oxygen atoms in total. The maximum absolute atomic E-state index is 10.9. The lowest BCUT2D eigenvalue weighted by molar-refractivity contribution is -0.108. The van der Waals surface area contributed by atoms with Crippen LogP contribution in [0.15, 0.2) is 24.5 Å². The lowest BCUT2D eigenvalue weighted by Crippen LogP contribution is -2.11. The van der Waals surface area contributed by atoms with Gasteiger partial charge in [0.15, 0.2) is 0 Å². The van der Waals surface area contributed by atoms with Crippen LogP contribution in [0, 0.1) is 0 Å². The highest BCUT2D eigenvalue weighted by Crippen LogP contribution is 2.14. The van der Waals surface area contributed by atoms with Gasteiger partial charge in [0, 0.05) is 17.8 Å².